The smallest absolute Gasteiger partial charge is 0.336 e. The molecular formula is C26H19ClO6. The van der Waals surface area contributed by atoms with E-state index < -0.39 is 11.4 Å². The zero-order chi connectivity index (χ0) is 23.4. The van der Waals surface area contributed by atoms with E-state index in [1.54, 1.807) is 60.7 Å². The summed E-state index contributed by atoms with van der Waals surface area (Å²) in [5.41, 5.74) is 1.12. The fraction of sp³-hybridized carbons (Fsp3) is 0.0769. The van der Waals surface area contributed by atoms with E-state index in [-0.39, 0.29) is 16.9 Å². The molecule has 0 aliphatic heterocycles. The fourth-order valence-corrected chi connectivity index (χ4v) is 3.45. The van der Waals surface area contributed by atoms with Gasteiger partial charge in [-0.1, -0.05) is 48.0 Å². The van der Waals surface area contributed by atoms with Crippen LogP contribution in [0, 0.1) is 0 Å². The van der Waals surface area contributed by atoms with Gasteiger partial charge in [0.2, 0.25) is 11.2 Å². The van der Waals surface area contributed by atoms with E-state index >= 15 is 0 Å². The number of fused-ring (bicyclic) bond motifs is 1. The van der Waals surface area contributed by atoms with Gasteiger partial charge in [0.25, 0.3) is 0 Å². The summed E-state index contributed by atoms with van der Waals surface area (Å²) in [5, 5.41) is 0.585. The number of ether oxygens (including phenoxy) is 3. The van der Waals surface area contributed by atoms with Crippen molar-refractivity contribution in [3.05, 3.63) is 93.6 Å². The van der Waals surface area contributed by atoms with Crippen molar-refractivity contribution in [3.63, 3.8) is 0 Å². The lowest BCUT2D eigenvalue weighted by Crippen LogP contribution is -2.14. The van der Waals surface area contributed by atoms with E-state index in [1.807, 2.05) is 6.07 Å². The summed E-state index contributed by atoms with van der Waals surface area (Å²) in [6.07, 6.45) is 2.77. The molecular weight excluding hydrogens is 444 g/mol. The van der Waals surface area contributed by atoms with Gasteiger partial charge in [-0.25, -0.2) is 4.79 Å². The van der Waals surface area contributed by atoms with E-state index in [9.17, 15) is 9.59 Å². The molecule has 1 aromatic heterocycles. The van der Waals surface area contributed by atoms with Crippen molar-refractivity contribution in [2.45, 2.75) is 0 Å². The first-order valence-corrected chi connectivity index (χ1v) is 10.3. The second kappa shape index (κ2) is 9.63. The SMILES string of the molecule is COc1ccc(/C=C/C(=O)Oc2c(-c3ccccc3)oc3ccc(Cl)cc3c2=O)cc1OC. The first-order chi connectivity index (χ1) is 16.0. The Morgan fingerprint density at radius 2 is 1.70 bits per heavy atom. The molecule has 33 heavy (non-hydrogen) atoms. The molecule has 0 saturated heterocycles. The third kappa shape index (κ3) is 4.76. The Balaban J connectivity index is 1.71. The average Bonchev–Trinajstić information content (AvgIpc) is 2.85. The van der Waals surface area contributed by atoms with Crippen molar-refractivity contribution < 1.29 is 23.4 Å². The van der Waals surface area contributed by atoms with Crippen molar-refractivity contribution in [2.24, 2.45) is 0 Å². The molecule has 4 aromatic rings. The number of carbonyl (C=O) groups is 1. The average molecular weight is 463 g/mol. The minimum absolute atomic E-state index is 0.156. The number of hydrogen-bond donors (Lipinski definition) is 0. The molecule has 0 atom stereocenters. The van der Waals surface area contributed by atoms with E-state index in [0.717, 1.165) is 0 Å². The lowest BCUT2D eigenvalue weighted by atomic mass is 10.1. The third-order valence-corrected chi connectivity index (χ3v) is 5.10. The number of benzene rings is 3. The van der Waals surface area contributed by atoms with Gasteiger partial charge in [0, 0.05) is 16.7 Å². The van der Waals surface area contributed by atoms with Crippen molar-refractivity contribution in [1.29, 1.82) is 0 Å². The van der Waals surface area contributed by atoms with Crippen LogP contribution in [0.5, 0.6) is 17.2 Å². The minimum atomic E-state index is -0.740. The second-order valence-electron chi connectivity index (χ2n) is 6.96. The van der Waals surface area contributed by atoms with Crippen LogP contribution in [-0.4, -0.2) is 20.2 Å². The Labute approximate surface area is 194 Å². The molecule has 0 aliphatic rings. The zero-order valence-corrected chi connectivity index (χ0v) is 18.6. The Hall–Kier alpha value is -4.03. The predicted octanol–water partition coefficient (Wildman–Crippen LogP) is 5.75. The highest BCUT2D eigenvalue weighted by molar-refractivity contribution is 6.31. The van der Waals surface area contributed by atoms with Crippen LogP contribution in [0.25, 0.3) is 28.4 Å². The molecule has 4 rings (SSSR count). The molecule has 7 heteroatoms. The monoisotopic (exact) mass is 462 g/mol. The van der Waals surface area contributed by atoms with Gasteiger partial charge in [-0.3, -0.25) is 4.79 Å². The maximum absolute atomic E-state index is 13.2. The van der Waals surface area contributed by atoms with Crippen LogP contribution in [-0.2, 0) is 4.79 Å². The Morgan fingerprint density at radius 1 is 0.939 bits per heavy atom. The Morgan fingerprint density at radius 3 is 2.42 bits per heavy atom. The van der Waals surface area contributed by atoms with Crippen LogP contribution in [0.3, 0.4) is 0 Å². The molecule has 166 valence electrons. The molecule has 3 aromatic carbocycles. The van der Waals surface area contributed by atoms with Gasteiger partial charge >= 0.3 is 5.97 Å². The maximum Gasteiger partial charge on any atom is 0.336 e. The topological polar surface area (TPSA) is 75.0 Å². The Kier molecular flexibility index (Phi) is 6.47. The molecule has 0 aliphatic carbocycles. The molecule has 0 radical (unpaired) electrons. The van der Waals surface area contributed by atoms with Gasteiger partial charge in [-0.05, 0) is 42.0 Å². The van der Waals surface area contributed by atoms with Gasteiger partial charge in [-0.15, -0.1) is 0 Å². The van der Waals surface area contributed by atoms with E-state index in [4.69, 9.17) is 30.2 Å². The maximum atomic E-state index is 13.2. The summed E-state index contributed by atoms with van der Waals surface area (Å²) in [7, 11) is 3.06. The summed E-state index contributed by atoms with van der Waals surface area (Å²) in [6.45, 7) is 0. The van der Waals surface area contributed by atoms with Gasteiger partial charge in [0.1, 0.15) is 5.58 Å². The Bertz CT molecular complexity index is 1410. The van der Waals surface area contributed by atoms with E-state index in [1.165, 1.54) is 26.4 Å². The molecule has 6 nitrogen and oxygen atoms in total. The third-order valence-electron chi connectivity index (χ3n) is 4.87. The highest BCUT2D eigenvalue weighted by Gasteiger charge is 2.20. The van der Waals surface area contributed by atoms with Crippen molar-refractivity contribution in [2.75, 3.05) is 14.2 Å². The quantitative estimate of drug-likeness (QED) is 0.268. The molecule has 0 bridgehead atoms. The van der Waals surface area contributed by atoms with Crippen LogP contribution < -0.4 is 19.6 Å². The van der Waals surface area contributed by atoms with Crippen molar-refractivity contribution >= 4 is 34.6 Å². The fourth-order valence-electron chi connectivity index (χ4n) is 3.28. The predicted molar refractivity (Wildman–Crippen MR) is 127 cm³/mol. The summed E-state index contributed by atoms with van der Waals surface area (Å²) < 4.78 is 21.9. The standard InChI is InChI=1S/C26H19ClO6/c1-30-21-11-8-16(14-22(21)31-2)9-13-23(28)33-26-24(29)19-15-18(27)10-12-20(19)32-25(26)17-6-4-3-5-7-17/h3-15H,1-2H3/b13-9+. The van der Waals surface area contributed by atoms with Gasteiger partial charge in [-0.2, -0.15) is 0 Å². The number of esters is 1. The second-order valence-corrected chi connectivity index (χ2v) is 7.40. The van der Waals surface area contributed by atoms with Crippen LogP contribution in [0.2, 0.25) is 5.02 Å². The van der Waals surface area contributed by atoms with Gasteiger partial charge in [0.15, 0.2) is 17.3 Å². The number of halogens is 1. The summed E-state index contributed by atoms with van der Waals surface area (Å²) in [5.74, 6) is 0.292. The highest BCUT2D eigenvalue weighted by Crippen LogP contribution is 2.32. The van der Waals surface area contributed by atoms with Crippen LogP contribution in [0.15, 0.2) is 82.0 Å². The molecule has 0 unspecified atom stereocenters. The summed E-state index contributed by atoms with van der Waals surface area (Å²) >= 11 is 6.05. The number of carbonyl (C=O) groups excluding carboxylic acids is 1. The van der Waals surface area contributed by atoms with Crippen LogP contribution in [0.4, 0.5) is 0 Å². The summed E-state index contributed by atoms with van der Waals surface area (Å²) in [6, 6.07) is 18.8. The van der Waals surface area contributed by atoms with Gasteiger partial charge < -0.3 is 18.6 Å². The van der Waals surface area contributed by atoms with Crippen molar-refractivity contribution in [1.82, 2.24) is 0 Å². The van der Waals surface area contributed by atoms with Crippen molar-refractivity contribution in [3.8, 4) is 28.6 Å². The lowest BCUT2D eigenvalue weighted by molar-refractivity contribution is -0.129. The number of hydrogen-bond acceptors (Lipinski definition) is 6. The highest BCUT2D eigenvalue weighted by atomic mass is 35.5. The largest absolute Gasteiger partial charge is 0.493 e. The van der Waals surface area contributed by atoms with Gasteiger partial charge in [0.05, 0.1) is 19.6 Å². The molecule has 0 N–H and O–H groups in total. The summed E-state index contributed by atoms with van der Waals surface area (Å²) in [4.78, 5) is 25.8. The van der Waals surface area contributed by atoms with Crippen LogP contribution >= 0.6 is 11.6 Å². The first-order valence-electron chi connectivity index (χ1n) is 9.94. The van der Waals surface area contributed by atoms with E-state index in [0.29, 0.717) is 33.2 Å². The zero-order valence-electron chi connectivity index (χ0n) is 17.8. The lowest BCUT2D eigenvalue weighted by Gasteiger charge is -2.10. The first kappa shape index (κ1) is 22.2. The number of methoxy groups -OCH3 is 2. The van der Waals surface area contributed by atoms with Crippen LogP contribution in [0.1, 0.15) is 5.56 Å². The van der Waals surface area contributed by atoms with E-state index in [2.05, 4.69) is 0 Å². The molecule has 1 heterocycles. The molecule has 0 fully saturated rings. The molecule has 0 spiro atoms. The normalized spacial score (nSPS) is 11.0. The molecule has 0 saturated carbocycles. The minimum Gasteiger partial charge on any atom is -0.493 e. The number of rotatable bonds is 6. The molecule has 0 amide bonds.